The van der Waals surface area contributed by atoms with Gasteiger partial charge in [0.1, 0.15) is 0 Å². The van der Waals surface area contributed by atoms with Crippen LogP contribution in [0.3, 0.4) is 0 Å². The SMILES string of the molecule is NC(=O)c1ccc(Cl)c(NC2CCc3c(Br)cccc32)c1. The first-order valence-electron chi connectivity index (χ1n) is 6.69. The van der Waals surface area contributed by atoms with Crippen LogP contribution in [0.25, 0.3) is 0 Å². The lowest BCUT2D eigenvalue weighted by atomic mass is 10.1. The molecule has 0 spiro atoms. The molecule has 1 unspecified atom stereocenters. The molecule has 0 heterocycles. The molecule has 3 rings (SSSR count). The molecule has 1 atom stereocenters. The van der Waals surface area contributed by atoms with E-state index in [-0.39, 0.29) is 6.04 Å². The summed E-state index contributed by atoms with van der Waals surface area (Å²) in [7, 11) is 0. The maximum atomic E-state index is 11.3. The Hall–Kier alpha value is -1.52. The van der Waals surface area contributed by atoms with Gasteiger partial charge in [-0.1, -0.05) is 39.7 Å². The molecular formula is C16H14BrClN2O. The fraction of sp³-hybridized carbons (Fsp3) is 0.188. The lowest BCUT2D eigenvalue weighted by Crippen LogP contribution is -2.12. The molecule has 5 heteroatoms. The highest BCUT2D eigenvalue weighted by Crippen LogP contribution is 2.38. The number of benzene rings is 2. The van der Waals surface area contributed by atoms with Crippen molar-refractivity contribution in [1.82, 2.24) is 0 Å². The Morgan fingerprint density at radius 1 is 1.33 bits per heavy atom. The van der Waals surface area contributed by atoms with Gasteiger partial charge >= 0.3 is 0 Å². The number of primary amides is 1. The topological polar surface area (TPSA) is 55.1 Å². The number of carbonyl (C=O) groups is 1. The lowest BCUT2D eigenvalue weighted by Gasteiger charge is -2.17. The zero-order valence-electron chi connectivity index (χ0n) is 11.2. The van der Waals surface area contributed by atoms with Crippen molar-refractivity contribution in [3.63, 3.8) is 0 Å². The fourth-order valence-corrected chi connectivity index (χ4v) is 3.49. The first-order valence-corrected chi connectivity index (χ1v) is 7.86. The number of nitrogens with two attached hydrogens (primary N) is 1. The van der Waals surface area contributed by atoms with Crippen molar-refractivity contribution in [3.05, 3.63) is 62.6 Å². The number of anilines is 1. The van der Waals surface area contributed by atoms with Crippen molar-refractivity contribution < 1.29 is 4.79 Å². The molecular weight excluding hydrogens is 352 g/mol. The van der Waals surface area contributed by atoms with Crippen LogP contribution < -0.4 is 11.1 Å². The summed E-state index contributed by atoms with van der Waals surface area (Å²) in [6, 6.07) is 11.4. The number of halogens is 2. The zero-order valence-corrected chi connectivity index (χ0v) is 13.5. The van der Waals surface area contributed by atoms with Gasteiger partial charge < -0.3 is 11.1 Å². The summed E-state index contributed by atoms with van der Waals surface area (Å²) in [5.74, 6) is -0.454. The van der Waals surface area contributed by atoms with E-state index in [2.05, 4.69) is 33.4 Å². The quantitative estimate of drug-likeness (QED) is 0.852. The minimum atomic E-state index is -0.454. The van der Waals surface area contributed by atoms with Crippen LogP contribution >= 0.6 is 27.5 Å². The van der Waals surface area contributed by atoms with Crippen molar-refractivity contribution in [1.29, 1.82) is 0 Å². The Morgan fingerprint density at radius 3 is 2.90 bits per heavy atom. The average molecular weight is 366 g/mol. The van der Waals surface area contributed by atoms with E-state index in [4.69, 9.17) is 17.3 Å². The van der Waals surface area contributed by atoms with E-state index in [0.717, 1.165) is 23.0 Å². The second-order valence-corrected chi connectivity index (χ2v) is 6.36. The molecule has 0 saturated carbocycles. The largest absolute Gasteiger partial charge is 0.377 e. The lowest BCUT2D eigenvalue weighted by molar-refractivity contribution is 0.100. The monoisotopic (exact) mass is 364 g/mol. The van der Waals surface area contributed by atoms with Gasteiger partial charge in [0.05, 0.1) is 16.8 Å². The van der Waals surface area contributed by atoms with Gasteiger partial charge in [0.15, 0.2) is 0 Å². The first kappa shape index (κ1) is 14.4. The van der Waals surface area contributed by atoms with Crippen LogP contribution in [0.1, 0.15) is 33.9 Å². The van der Waals surface area contributed by atoms with Crippen molar-refractivity contribution in [3.8, 4) is 0 Å². The van der Waals surface area contributed by atoms with Crippen molar-refractivity contribution in [2.24, 2.45) is 5.73 Å². The summed E-state index contributed by atoms with van der Waals surface area (Å²) in [5.41, 5.74) is 9.12. The third-order valence-corrected chi connectivity index (χ3v) is 4.87. The van der Waals surface area contributed by atoms with E-state index >= 15 is 0 Å². The molecule has 21 heavy (non-hydrogen) atoms. The van der Waals surface area contributed by atoms with Gasteiger partial charge in [-0.15, -0.1) is 0 Å². The molecule has 0 fully saturated rings. The van der Waals surface area contributed by atoms with E-state index in [1.54, 1.807) is 18.2 Å². The standard InChI is InChI=1S/C16H14BrClN2O/c17-12-3-1-2-11-10(12)5-7-14(11)20-15-8-9(16(19)21)4-6-13(15)18/h1-4,6,8,14,20H,5,7H2,(H2,19,21). The van der Waals surface area contributed by atoms with Gasteiger partial charge in [-0.25, -0.2) is 0 Å². The molecule has 0 aromatic heterocycles. The Morgan fingerprint density at radius 2 is 2.14 bits per heavy atom. The predicted molar refractivity (Wildman–Crippen MR) is 88.8 cm³/mol. The van der Waals surface area contributed by atoms with Crippen molar-refractivity contribution >= 4 is 39.1 Å². The van der Waals surface area contributed by atoms with Crippen LogP contribution in [-0.2, 0) is 6.42 Å². The number of amides is 1. The third-order valence-electron chi connectivity index (χ3n) is 3.79. The van der Waals surface area contributed by atoms with Gasteiger partial charge in [0.2, 0.25) is 5.91 Å². The first-order chi connectivity index (χ1) is 10.1. The number of carbonyl (C=O) groups excluding carboxylic acids is 1. The van der Waals surface area contributed by atoms with Crippen LogP contribution in [0.5, 0.6) is 0 Å². The van der Waals surface area contributed by atoms with Crippen LogP contribution in [0.15, 0.2) is 40.9 Å². The summed E-state index contributed by atoms with van der Waals surface area (Å²) < 4.78 is 1.14. The fourth-order valence-electron chi connectivity index (χ4n) is 2.74. The second kappa shape index (κ2) is 5.70. The Bertz CT molecular complexity index is 717. The highest BCUT2D eigenvalue weighted by molar-refractivity contribution is 9.10. The number of hydrogen-bond acceptors (Lipinski definition) is 2. The van der Waals surface area contributed by atoms with Gasteiger partial charge in [-0.2, -0.15) is 0 Å². The maximum absolute atomic E-state index is 11.3. The van der Waals surface area contributed by atoms with E-state index in [0.29, 0.717) is 10.6 Å². The van der Waals surface area contributed by atoms with Crippen LogP contribution in [0.4, 0.5) is 5.69 Å². The van der Waals surface area contributed by atoms with Gasteiger partial charge in [0, 0.05) is 10.0 Å². The summed E-state index contributed by atoms with van der Waals surface area (Å²) in [5, 5.41) is 4.01. The highest BCUT2D eigenvalue weighted by atomic mass is 79.9. The third kappa shape index (κ3) is 2.78. The van der Waals surface area contributed by atoms with Crippen LogP contribution in [0, 0.1) is 0 Å². The molecule has 0 aliphatic heterocycles. The summed E-state index contributed by atoms with van der Waals surface area (Å²) in [6.07, 6.45) is 2.01. The van der Waals surface area contributed by atoms with Gasteiger partial charge in [0.25, 0.3) is 0 Å². The van der Waals surface area contributed by atoms with Gasteiger partial charge in [-0.3, -0.25) is 4.79 Å². The minimum Gasteiger partial charge on any atom is -0.377 e. The molecule has 108 valence electrons. The van der Waals surface area contributed by atoms with Crippen molar-refractivity contribution in [2.45, 2.75) is 18.9 Å². The molecule has 2 aromatic rings. The maximum Gasteiger partial charge on any atom is 0.248 e. The Kier molecular flexibility index (Phi) is 3.91. The summed E-state index contributed by atoms with van der Waals surface area (Å²) in [6.45, 7) is 0. The van der Waals surface area contributed by atoms with Crippen LogP contribution in [0.2, 0.25) is 5.02 Å². The molecule has 2 aromatic carbocycles. The normalized spacial score (nSPS) is 16.6. The predicted octanol–water partition coefficient (Wildman–Crippen LogP) is 4.30. The molecule has 0 bridgehead atoms. The Balaban J connectivity index is 1.91. The van der Waals surface area contributed by atoms with Crippen molar-refractivity contribution in [2.75, 3.05) is 5.32 Å². The number of rotatable bonds is 3. The molecule has 3 N–H and O–H groups in total. The summed E-state index contributed by atoms with van der Waals surface area (Å²) >= 11 is 9.80. The second-order valence-electron chi connectivity index (χ2n) is 5.10. The molecule has 1 aliphatic rings. The Labute approximate surface area is 136 Å². The molecule has 0 saturated heterocycles. The van der Waals surface area contributed by atoms with Crippen LogP contribution in [-0.4, -0.2) is 5.91 Å². The molecule has 0 radical (unpaired) electrons. The van der Waals surface area contributed by atoms with E-state index < -0.39 is 5.91 Å². The minimum absolute atomic E-state index is 0.193. The molecule has 1 aliphatic carbocycles. The molecule has 1 amide bonds. The summed E-state index contributed by atoms with van der Waals surface area (Å²) in [4.78, 5) is 11.3. The number of fused-ring (bicyclic) bond motifs is 1. The van der Waals surface area contributed by atoms with Gasteiger partial charge in [-0.05, 0) is 48.2 Å². The smallest absolute Gasteiger partial charge is 0.248 e. The van der Waals surface area contributed by atoms with E-state index in [1.165, 1.54) is 11.1 Å². The van der Waals surface area contributed by atoms with E-state index in [9.17, 15) is 4.79 Å². The highest BCUT2D eigenvalue weighted by Gasteiger charge is 2.24. The average Bonchev–Trinajstić information content (AvgIpc) is 2.86. The number of nitrogens with one attached hydrogen (secondary N) is 1. The van der Waals surface area contributed by atoms with E-state index in [1.807, 2.05) is 6.07 Å². The zero-order chi connectivity index (χ0) is 15.0. The molecule has 3 nitrogen and oxygen atoms in total. The number of hydrogen-bond donors (Lipinski definition) is 2.